The number of nitrogens with one attached hydrogen (secondary N) is 1. The summed E-state index contributed by atoms with van der Waals surface area (Å²) < 4.78 is 5.88. The van der Waals surface area contributed by atoms with Crippen LogP contribution in [0.5, 0.6) is 0 Å². The number of ether oxygens (including phenoxy) is 1. The predicted octanol–water partition coefficient (Wildman–Crippen LogP) is 3.36. The predicted molar refractivity (Wildman–Crippen MR) is 113 cm³/mol. The van der Waals surface area contributed by atoms with E-state index in [1.165, 1.54) is 27.5 Å². The van der Waals surface area contributed by atoms with Crippen LogP contribution in [0.25, 0.3) is 0 Å². The lowest BCUT2D eigenvalue weighted by atomic mass is 9.81. The van der Waals surface area contributed by atoms with Crippen LogP contribution in [0.3, 0.4) is 0 Å². The average Bonchev–Trinajstić information content (AvgIpc) is 3.50. The van der Waals surface area contributed by atoms with Gasteiger partial charge in [0.05, 0.1) is 29.6 Å². The molecule has 2 aliphatic carbocycles. The van der Waals surface area contributed by atoms with E-state index in [-0.39, 0.29) is 47.8 Å². The van der Waals surface area contributed by atoms with Crippen LogP contribution in [0, 0.1) is 11.8 Å². The molecule has 0 aromatic carbocycles. The van der Waals surface area contributed by atoms with Crippen molar-refractivity contribution < 1.29 is 19.1 Å². The third-order valence-electron chi connectivity index (χ3n) is 7.81. The first-order valence-electron chi connectivity index (χ1n) is 11.6. The van der Waals surface area contributed by atoms with E-state index in [1.807, 2.05) is 0 Å². The van der Waals surface area contributed by atoms with Gasteiger partial charge in [-0.2, -0.15) is 0 Å². The Balaban J connectivity index is 1.37. The first-order valence-corrected chi connectivity index (χ1v) is 12.4. The van der Waals surface area contributed by atoms with Gasteiger partial charge in [0.1, 0.15) is 5.00 Å². The Labute approximate surface area is 180 Å². The summed E-state index contributed by atoms with van der Waals surface area (Å²) in [5, 5.41) is 3.82. The number of aryl methyl sites for hydroxylation is 1. The summed E-state index contributed by atoms with van der Waals surface area (Å²) in [4.78, 5) is 42.7. The summed E-state index contributed by atoms with van der Waals surface area (Å²) in [6.45, 7) is 0. The van der Waals surface area contributed by atoms with Crippen LogP contribution in [-0.4, -0.2) is 36.0 Å². The van der Waals surface area contributed by atoms with Gasteiger partial charge in [0, 0.05) is 10.9 Å². The fourth-order valence-corrected chi connectivity index (χ4v) is 7.76. The van der Waals surface area contributed by atoms with Gasteiger partial charge in [0.15, 0.2) is 0 Å². The minimum Gasteiger partial charge on any atom is -0.373 e. The molecule has 1 saturated carbocycles. The number of anilines is 1. The van der Waals surface area contributed by atoms with Crippen molar-refractivity contribution in [1.82, 2.24) is 5.32 Å². The molecule has 1 aromatic rings. The first kappa shape index (κ1) is 19.0. The molecule has 30 heavy (non-hydrogen) atoms. The Bertz CT molecular complexity index is 891. The molecular weight excluding hydrogens is 400 g/mol. The molecule has 4 atom stereocenters. The fourth-order valence-electron chi connectivity index (χ4n) is 6.36. The van der Waals surface area contributed by atoms with E-state index in [4.69, 9.17) is 4.74 Å². The number of carbonyl (C=O) groups excluding carboxylic acids is 3. The van der Waals surface area contributed by atoms with Crippen LogP contribution in [-0.2, 0) is 27.2 Å². The molecule has 3 aliphatic heterocycles. The number of hydrogen-bond acceptors (Lipinski definition) is 5. The van der Waals surface area contributed by atoms with Gasteiger partial charge in [-0.05, 0) is 56.9 Å². The largest absolute Gasteiger partial charge is 0.373 e. The van der Waals surface area contributed by atoms with Gasteiger partial charge >= 0.3 is 0 Å². The fraction of sp³-hybridized carbons (Fsp3) is 0.696. The maximum absolute atomic E-state index is 13.4. The van der Waals surface area contributed by atoms with Crippen LogP contribution in [0.15, 0.2) is 0 Å². The summed E-state index contributed by atoms with van der Waals surface area (Å²) >= 11 is 1.50. The Hall–Kier alpha value is -1.73. The van der Waals surface area contributed by atoms with Gasteiger partial charge in [0.25, 0.3) is 5.91 Å². The van der Waals surface area contributed by atoms with Crippen molar-refractivity contribution in [3.8, 4) is 0 Å². The van der Waals surface area contributed by atoms with E-state index in [9.17, 15) is 14.4 Å². The number of amides is 3. The van der Waals surface area contributed by atoms with Crippen molar-refractivity contribution in [3.05, 3.63) is 16.0 Å². The second kappa shape index (κ2) is 7.16. The third-order valence-corrected chi connectivity index (χ3v) is 9.08. The van der Waals surface area contributed by atoms with Crippen molar-refractivity contribution in [3.63, 3.8) is 0 Å². The zero-order chi connectivity index (χ0) is 20.4. The molecule has 4 unspecified atom stereocenters. The van der Waals surface area contributed by atoms with E-state index in [0.29, 0.717) is 10.6 Å². The first-order chi connectivity index (χ1) is 14.6. The molecule has 7 heteroatoms. The molecule has 2 bridgehead atoms. The molecule has 1 N–H and O–H groups in total. The van der Waals surface area contributed by atoms with Crippen LogP contribution in [0.2, 0.25) is 0 Å². The number of hydrogen-bond donors (Lipinski definition) is 1. The maximum atomic E-state index is 13.4. The Morgan fingerprint density at radius 2 is 1.57 bits per heavy atom. The number of imide groups is 1. The molecule has 160 valence electrons. The van der Waals surface area contributed by atoms with Crippen molar-refractivity contribution >= 4 is 34.1 Å². The lowest BCUT2D eigenvalue weighted by Crippen LogP contribution is -2.39. The van der Waals surface area contributed by atoms with E-state index < -0.39 is 0 Å². The van der Waals surface area contributed by atoms with Crippen LogP contribution in [0.1, 0.15) is 78.6 Å². The van der Waals surface area contributed by atoms with Gasteiger partial charge in [-0.15, -0.1) is 11.3 Å². The van der Waals surface area contributed by atoms with E-state index in [1.54, 1.807) is 0 Å². The SMILES string of the molecule is O=C(NC1CCCCC1)c1c(N2C(=O)C3C4CCC(O4)C3C2=O)sc2c1CCCC2. The Morgan fingerprint density at radius 1 is 0.900 bits per heavy atom. The zero-order valence-corrected chi connectivity index (χ0v) is 18.0. The number of thiophene rings is 1. The zero-order valence-electron chi connectivity index (χ0n) is 17.2. The second-order valence-electron chi connectivity index (χ2n) is 9.55. The molecule has 1 aromatic heterocycles. The smallest absolute Gasteiger partial charge is 0.254 e. The lowest BCUT2D eigenvalue weighted by Gasteiger charge is -2.24. The van der Waals surface area contributed by atoms with E-state index in [2.05, 4.69) is 5.32 Å². The van der Waals surface area contributed by atoms with Crippen molar-refractivity contribution in [2.75, 3.05) is 4.90 Å². The highest BCUT2D eigenvalue weighted by molar-refractivity contribution is 7.17. The van der Waals surface area contributed by atoms with Crippen molar-refractivity contribution in [2.24, 2.45) is 11.8 Å². The molecular formula is C23H28N2O4S. The minimum absolute atomic E-state index is 0.0896. The average molecular weight is 429 g/mol. The summed E-state index contributed by atoms with van der Waals surface area (Å²) in [6.07, 6.45) is 10.9. The highest BCUT2D eigenvalue weighted by atomic mass is 32.1. The van der Waals surface area contributed by atoms with Gasteiger partial charge in [-0.3, -0.25) is 14.4 Å². The lowest BCUT2D eigenvalue weighted by molar-refractivity contribution is -0.124. The molecule has 4 heterocycles. The van der Waals surface area contributed by atoms with Crippen LogP contribution >= 0.6 is 11.3 Å². The van der Waals surface area contributed by atoms with Gasteiger partial charge in [0.2, 0.25) is 11.8 Å². The molecule has 5 aliphatic rings. The van der Waals surface area contributed by atoms with Crippen LogP contribution in [0.4, 0.5) is 5.00 Å². The number of carbonyl (C=O) groups is 3. The van der Waals surface area contributed by atoms with Gasteiger partial charge < -0.3 is 10.1 Å². The normalized spacial score (nSPS) is 33.1. The van der Waals surface area contributed by atoms with E-state index in [0.717, 1.165) is 69.8 Å². The Kier molecular flexibility index (Phi) is 4.53. The summed E-state index contributed by atoms with van der Waals surface area (Å²) in [7, 11) is 0. The summed E-state index contributed by atoms with van der Waals surface area (Å²) in [5.41, 5.74) is 1.68. The maximum Gasteiger partial charge on any atom is 0.254 e. The van der Waals surface area contributed by atoms with Gasteiger partial charge in [-0.1, -0.05) is 19.3 Å². The van der Waals surface area contributed by atoms with Crippen LogP contribution < -0.4 is 10.2 Å². The molecule has 4 fully saturated rings. The van der Waals surface area contributed by atoms with Crippen molar-refractivity contribution in [1.29, 1.82) is 0 Å². The topological polar surface area (TPSA) is 75.7 Å². The van der Waals surface area contributed by atoms with Gasteiger partial charge in [-0.25, -0.2) is 4.90 Å². The minimum atomic E-state index is -0.357. The molecule has 0 spiro atoms. The second-order valence-corrected chi connectivity index (χ2v) is 10.6. The number of fused-ring (bicyclic) bond motifs is 6. The highest BCUT2D eigenvalue weighted by Gasteiger charge is 2.63. The van der Waals surface area contributed by atoms with E-state index >= 15 is 0 Å². The molecule has 6 rings (SSSR count). The number of nitrogens with zero attached hydrogens (tertiary/aromatic N) is 1. The molecule has 0 radical (unpaired) electrons. The third kappa shape index (κ3) is 2.74. The molecule has 3 amide bonds. The summed E-state index contributed by atoms with van der Waals surface area (Å²) in [6, 6.07) is 0.201. The standard InChI is InChI=1S/C23H28N2O4S/c26-20(24-12-6-2-1-3-7-12)17-13-8-4-5-9-16(13)30-23(17)25-21(27)18-14-10-11-15(29-14)19(18)22(25)28/h12,14-15,18-19H,1-11H2,(H,24,26). The Morgan fingerprint density at radius 3 is 2.27 bits per heavy atom. The monoisotopic (exact) mass is 428 g/mol. The highest BCUT2D eigenvalue weighted by Crippen LogP contribution is 2.51. The number of rotatable bonds is 3. The summed E-state index contributed by atoms with van der Waals surface area (Å²) in [5.74, 6) is -1.10. The van der Waals surface area contributed by atoms with Crippen molar-refractivity contribution in [2.45, 2.75) is 88.9 Å². The molecule has 3 saturated heterocycles. The molecule has 6 nitrogen and oxygen atoms in total. The quantitative estimate of drug-likeness (QED) is 0.749.